The van der Waals surface area contributed by atoms with Crippen molar-refractivity contribution in [3.8, 4) is 11.3 Å². The molecule has 0 spiro atoms. The smallest absolute Gasteiger partial charge is 0.259 e. The van der Waals surface area contributed by atoms with Crippen LogP contribution in [0.1, 0.15) is 10.4 Å². The number of nitrogens with zero attached hydrogens (tertiary/aromatic N) is 2. The van der Waals surface area contributed by atoms with Crippen molar-refractivity contribution >= 4 is 27.3 Å². The number of amides is 1. The number of carbonyl (C=O) groups is 1. The van der Waals surface area contributed by atoms with Gasteiger partial charge in [0.2, 0.25) is 10.0 Å². The van der Waals surface area contributed by atoms with Crippen molar-refractivity contribution in [1.29, 1.82) is 0 Å². The molecule has 2 N–H and O–H groups in total. The number of hydrogen-bond donors (Lipinski definition) is 2. The largest absolute Gasteiger partial charge is 0.322 e. The Bertz CT molecular complexity index is 1030. The molecule has 2 aromatic carbocycles. The predicted octanol–water partition coefficient (Wildman–Crippen LogP) is 2.71. The van der Waals surface area contributed by atoms with Crippen LogP contribution < -0.4 is 10.0 Å². The van der Waals surface area contributed by atoms with Crippen molar-refractivity contribution in [3.63, 3.8) is 0 Å². The lowest BCUT2D eigenvalue weighted by molar-refractivity contribution is 0.102. The summed E-state index contributed by atoms with van der Waals surface area (Å²) in [6.45, 7) is 0. The fourth-order valence-electron chi connectivity index (χ4n) is 2.50. The van der Waals surface area contributed by atoms with Crippen molar-refractivity contribution in [2.45, 2.75) is 0 Å². The van der Waals surface area contributed by atoms with Gasteiger partial charge in [0, 0.05) is 30.2 Å². The Morgan fingerprint density at radius 1 is 1.00 bits per heavy atom. The Hall–Kier alpha value is -3.13. The lowest BCUT2D eigenvalue weighted by Gasteiger charge is -2.07. The van der Waals surface area contributed by atoms with Crippen LogP contribution in [0.25, 0.3) is 11.3 Å². The maximum Gasteiger partial charge on any atom is 0.259 e. The molecule has 3 rings (SSSR count). The summed E-state index contributed by atoms with van der Waals surface area (Å²) in [4.78, 5) is 12.7. The number of benzene rings is 2. The minimum atomic E-state index is -3.34. The van der Waals surface area contributed by atoms with Crippen LogP contribution in [0.4, 0.5) is 11.4 Å². The zero-order chi connectivity index (χ0) is 18.7. The van der Waals surface area contributed by atoms with E-state index in [4.69, 9.17) is 0 Å². The van der Waals surface area contributed by atoms with Crippen LogP contribution in [0.2, 0.25) is 0 Å². The molecule has 7 nitrogen and oxygen atoms in total. The second-order valence-electron chi connectivity index (χ2n) is 5.84. The monoisotopic (exact) mass is 370 g/mol. The number of carbonyl (C=O) groups excluding carboxylic acids is 1. The number of nitrogens with one attached hydrogen (secondary N) is 2. The maximum absolute atomic E-state index is 12.7. The topological polar surface area (TPSA) is 93.1 Å². The fraction of sp³-hybridized carbons (Fsp3) is 0.111. The van der Waals surface area contributed by atoms with Gasteiger partial charge in [-0.05, 0) is 24.3 Å². The van der Waals surface area contributed by atoms with Gasteiger partial charge in [-0.25, -0.2) is 8.42 Å². The van der Waals surface area contributed by atoms with Crippen LogP contribution in [-0.4, -0.2) is 30.4 Å². The summed E-state index contributed by atoms with van der Waals surface area (Å²) in [5.41, 5.74) is 2.89. The van der Waals surface area contributed by atoms with Gasteiger partial charge in [0.1, 0.15) is 5.69 Å². The number of anilines is 2. The van der Waals surface area contributed by atoms with E-state index < -0.39 is 10.0 Å². The summed E-state index contributed by atoms with van der Waals surface area (Å²) in [7, 11) is -1.58. The van der Waals surface area contributed by atoms with Gasteiger partial charge in [0.05, 0.1) is 11.8 Å². The average Bonchev–Trinajstić information content (AvgIpc) is 2.98. The third-order valence-electron chi connectivity index (χ3n) is 3.57. The molecule has 0 aliphatic heterocycles. The average molecular weight is 370 g/mol. The molecule has 8 heteroatoms. The van der Waals surface area contributed by atoms with Crippen LogP contribution in [0.5, 0.6) is 0 Å². The first-order valence-electron chi connectivity index (χ1n) is 7.80. The van der Waals surface area contributed by atoms with Crippen molar-refractivity contribution in [2.24, 2.45) is 7.05 Å². The Balaban J connectivity index is 1.81. The molecule has 1 aromatic heterocycles. The zero-order valence-corrected chi connectivity index (χ0v) is 15.1. The molecule has 0 saturated carbocycles. The lowest BCUT2D eigenvalue weighted by Crippen LogP contribution is -2.13. The van der Waals surface area contributed by atoms with E-state index in [1.165, 1.54) is 0 Å². The quantitative estimate of drug-likeness (QED) is 0.722. The van der Waals surface area contributed by atoms with Crippen molar-refractivity contribution in [1.82, 2.24) is 9.78 Å². The van der Waals surface area contributed by atoms with Crippen molar-refractivity contribution < 1.29 is 13.2 Å². The molecule has 1 amide bonds. The summed E-state index contributed by atoms with van der Waals surface area (Å²) in [6, 6.07) is 15.9. The fourth-order valence-corrected chi connectivity index (χ4v) is 3.06. The Kier molecular flexibility index (Phi) is 4.77. The lowest BCUT2D eigenvalue weighted by atomic mass is 10.1. The zero-order valence-electron chi connectivity index (χ0n) is 14.3. The van der Waals surface area contributed by atoms with Gasteiger partial charge in [0.25, 0.3) is 5.91 Å². The molecule has 0 fully saturated rings. The molecule has 1 heterocycles. The summed E-state index contributed by atoms with van der Waals surface area (Å²) in [5, 5.41) is 7.18. The van der Waals surface area contributed by atoms with Crippen molar-refractivity contribution in [3.05, 3.63) is 66.4 Å². The van der Waals surface area contributed by atoms with Gasteiger partial charge in [-0.15, -0.1) is 0 Å². The van der Waals surface area contributed by atoms with Crippen LogP contribution in [0.3, 0.4) is 0 Å². The molecule has 26 heavy (non-hydrogen) atoms. The molecule has 0 atom stereocenters. The van der Waals surface area contributed by atoms with Gasteiger partial charge >= 0.3 is 0 Å². The number of sulfonamides is 1. The van der Waals surface area contributed by atoms with E-state index in [2.05, 4.69) is 15.1 Å². The number of aryl methyl sites for hydroxylation is 1. The molecule has 0 unspecified atom stereocenters. The van der Waals surface area contributed by atoms with Gasteiger partial charge in [-0.1, -0.05) is 30.3 Å². The van der Waals surface area contributed by atoms with Crippen LogP contribution >= 0.6 is 0 Å². The first-order chi connectivity index (χ1) is 12.3. The first-order valence-corrected chi connectivity index (χ1v) is 9.69. The van der Waals surface area contributed by atoms with Gasteiger partial charge in [0.15, 0.2) is 0 Å². The van der Waals surface area contributed by atoms with E-state index >= 15 is 0 Å². The predicted molar refractivity (Wildman–Crippen MR) is 102 cm³/mol. The third-order valence-corrected chi connectivity index (χ3v) is 4.17. The first kappa shape index (κ1) is 17.7. The number of hydrogen-bond acceptors (Lipinski definition) is 4. The molecule has 0 bridgehead atoms. The van der Waals surface area contributed by atoms with E-state index in [-0.39, 0.29) is 5.91 Å². The normalized spacial score (nSPS) is 11.2. The summed E-state index contributed by atoms with van der Waals surface area (Å²) >= 11 is 0. The van der Waals surface area contributed by atoms with E-state index in [0.29, 0.717) is 22.6 Å². The second kappa shape index (κ2) is 7.01. The Morgan fingerprint density at radius 3 is 2.23 bits per heavy atom. The van der Waals surface area contributed by atoms with E-state index in [1.807, 2.05) is 30.3 Å². The van der Waals surface area contributed by atoms with E-state index in [1.54, 1.807) is 42.2 Å². The minimum Gasteiger partial charge on any atom is -0.322 e. The molecular weight excluding hydrogens is 352 g/mol. The highest BCUT2D eigenvalue weighted by Gasteiger charge is 2.17. The van der Waals surface area contributed by atoms with Gasteiger partial charge in [-0.3, -0.25) is 14.2 Å². The second-order valence-corrected chi connectivity index (χ2v) is 7.59. The molecule has 134 valence electrons. The molecule has 0 aliphatic carbocycles. The highest BCUT2D eigenvalue weighted by molar-refractivity contribution is 7.92. The summed E-state index contributed by atoms with van der Waals surface area (Å²) < 4.78 is 26.4. The number of aromatic nitrogens is 2. The van der Waals surface area contributed by atoms with Gasteiger partial charge in [-0.2, -0.15) is 5.10 Å². The van der Waals surface area contributed by atoms with Crippen LogP contribution in [0.15, 0.2) is 60.8 Å². The van der Waals surface area contributed by atoms with Gasteiger partial charge < -0.3 is 5.32 Å². The molecular formula is C18H18N4O3S. The molecule has 0 aliphatic rings. The van der Waals surface area contributed by atoms with E-state index in [0.717, 1.165) is 11.8 Å². The minimum absolute atomic E-state index is 0.291. The third kappa shape index (κ3) is 4.28. The maximum atomic E-state index is 12.7. The molecule has 3 aromatic rings. The van der Waals surface area contributed by atoms with Crippen LogP contribution in [-0.2, 0) is 17.1 Å². The highest BCUT2D eigenvalue weighted by Crippen LogP contribution is 2.23. The van der Waals surface area contributed by atoms with E-state index in [9.17, 15) is 13.2 Å². The Labute approximate surface area is 151 Å². The molecule has 0 saturated heterocycles. The number of rotatable bonds is 5. The summed E-state index contributed by atoms with van der Waals surface area (Å²) in [5.74, 6) is -0.291. The summed E-state index contributed by atoms with van der Waals surface area (Å²) in [6.07, 6.45) is 2.74. The molecule has 0 radical (unpaired) electrons. The highest BCUT2D eigenvalue weighted by atomic mass is 32.2. The Morgan fingerprint density at radius 2 is 1.62 bits per heavy atom. The van der Waals surface area contributed by atoms with Crippen molar-refractivity contribution in [2.75, 3.05) is 16.3 Å². The van der Waals surface area contributed by atoms with Crippen LogP contribution in [0, 0.1) is 0 Å². The standard InChI is InChI=1S/C18H18N4O3S/c1-22-12-16(17(20-22)13-6-4-3-5-7-13)18(23)19-14-8-10-15(11-9-14)21-26(2,24)25/h3-12,21H,1-2H3,(H,19,23). The SMILES string of the molecule is Cn1cc(C(=O)Nc2ccc(NS(C)(=O)=O)cc2)c(-c2ccccc2)n1.